The van der Waals surface area contributed by atoms with Crippen molar-refractivity contribution in [3.8, 4) is 11.5 Å². The van der Waals surface area contributed by atoms with Crippen molar-refractivity contribution in [3.63, 3.8) is 0 Å². The highest BCUT2D eigenvalue weighted by molar-refractivity contribution is 6.17. The lowest BCUT2D eigenvalue weighted by molar-refractivity contribution is 0.0947. The number of amides is 1. The summed E-state index contributed by atoms with van der Waals surface area (Å²) >= 11 is 5.58. The molecule has 0 unspecified atom stereocenters. The molecule has 0 spiro atoms. The molecule has 5 heteroatoms. The number of benzene rings is 1. The van der Waals surface area contributed by atoms with Gasteiger partial charge in [0.15, 0.2) is 0 Å². The number of carbonyl (C=O) groups excluding carboxylic acids is 1. The highest BCUT2D eigenvalue weighted by Gasteiger charge is 2.17. The van der Waals surface area contributed by atoms with Crippen molar-refractivity contribution < 1.29 is 14.3 Å². The lowest BCUT2D eigenvalue weighted by atomic mass is 10.1. The van der Waals surface area contributed by atoms with E-state index >= 15 is 0 Å². The maximum atomic E-state index is 12.1. The van der Waals surface area contributed by atoms with Crippen LogP contribution in [0.4, 0.5) is 0 Å². The van der Waals surface area contributed by atoms with Crippen molar-refractivity contribution in [1.82, 2.24) is 5.32 Å². The number of ether oxygens (including phenoxy) is 2. The molecular weight excluding hydrogens is 254 g/mol. The van der Waals surface area contributed by atoms with E-state index in [2.05, 4.69) is 5.32 Å². The van der Waals surface area contributed by atoms with E-state index in [1.54, 1.807) is 18.2 Å². The highest BCUT2D eigenvalue weighted by Crippen LogP contribution is 2.27. The predicted octanol–water partition coefficient (Wildman–Crippen LogP) is 2.45. The van der Waals surface area contributed by atoms with Crippen molar-refractivity contribution in [1.29, 1.82) is 0 Å². The molecule has 1 N–H and O–H groups in total. The number of halogens is 1. The van der Waals surface area contributed by atoms with E-state index in [4.69, 9.17) is 21.1 Å². The van der Waals surface area contributed by atoms with Gasteiger partial charge >= 0.3 is 0 Å². The zero-order chi connectivity index (χ0) is 13.4. The van der Waals surface area contributed by atoms with Gasteiger partial charge in [-0.1, -0.05) is 6.07 Å². The number of nitrogens with one attached hydrogen (secondary N) is 1. The zero-order valence-corrected chi connectivity index (χ0v) is 11.4. The lowest BCUT2D eigenvalue weighted by Crippen LogP contribution is -2.25. The third-order valence-corrected chi connectivity index (χ3v) is 2.77. The molecule has 0 aliphatic rings. The van der Waals surface area contributed by atoms with Gasteiger partial charge in [-0.15, -0.1) is 11.6 Å². The Bertz CT molecular complexity index is 374. The molecule has 0 aliphatic heterocycles. The summed E-state index contributed by atoms with van der Waals surface area (Å²) in [6.45, 7) is 0.590. The second-order valence-electron chi connectivity index (χ2n) is 3.69. The fraction of sp³-hybridized carbons (Fsp3) is 0.462. The fourth-order valence-corrected chi connectivity index (χ4v) is 1.77. The van der Waals surface area contributed by atoms with Crippen molar-refractivity contribution >= 4 is 17.5 Å². The first-order valence-corrected chi connectivity index (χ1v) is 6.33. The van der Waals surface area contributed by atoms with Crippen LogP contribution in [0.2, 0.25) is 0 Å². The largest absolute Gasteiger partial charge is 0.496 e. The minimum absolute atomic E-state index is 0.195. The summed E-state index contributed by atoms with van der Waals surface area (Å²) in [5.41, 5.74) is 0.424. The second-order valence-corrected chi connectivity index (χ2v) is 4.07. The molecular formula is C13H18ClNO3. The predicted molar refractivity (Wildman–Crippen MR) is 71.8 cm³/mol. The van der Waals surface area contributed by atoms with Crippen LogP contribution in [0.3, 0.4) is 0 Å². The first-order chi connectivity index (χ1) is 8.74. The molecule has 0 aromatic heterocycles. The smallest absolute Gasteiger partial charge is 0.258 e. The Kier molecular flexibility index (Phi) is 6.36. The van der Waals surface area contributed by atoms with Crippen LogP contribution in [0, 0.1) is 0 Å². The number of unbranched alkanes of at least 4 members (excludes halogenated alkanes) is 1. The Morgan fingerprint density at radius 3 is 2.33 bits per heavy atom. The molecule has 0 atom stereocenters. The van der Waals surface area contributed by atoms with Crippen LogP contribution < -0.4 is 14.8 Å². The molecule has 4 nitrogen and oxygen atoms in total. The van der Waals surface area contributed by atoms with E-state index in [0.29, 0.717) is 29.5 Å². The Morgan fingerprint density at radius 1 is 1.22 bits per heavy atom. The van der Waals surface area contributed by atoms with Gasteiger partial charge in [0.2, 0.25) is 0 Å². The molecule has 1 rings (SSSR count). The average molecular weight is 272 g/mol. The van der Waals surface area contributed by atoms with Crippen molar-refractivity contribution in [3.05, 3.63) is 23.8 Å². The van der Waals surface area contributed by atoms with Crippen LogP contribution in [0.5, 0.6) is 11.5 Å². The Hall–Kier alpha value is -1.42. The minimum Gasteiger partial charge on any atom is -0.496 e. The van der Waals surface area contributed by atoms with Crippen molar-refractivity contribution in [2.75, 3.05) is 26.6 Å². The van der Waals surface area contributed by atoms with Crippen LogP contribution in [-0.4, -0.2) is 32.6 Å². The van der Waals surface area contributed by atoms with Crippen molar-refractivity contribution in [2.45, 2.75) is 12.8 Å². The first kappa shape index (κ1) is 14.6. The van der Waals surface area contributed by atoms with Gasteiger partial charge in [-0.3, -0.25) is 4.79 Å². The standard InChI is InChI=1S/C13H18ClNO3/c1-17-10-6-5-7-11(18-2)12(10)13(16)15-9-4-3-8-14/h5-7H,3-4,8-9H2,1-2H3,(H,15,16). The summed E-state index contributed by atoms with van der Waals surface area (Å²) in [5.74, 6) is 1.42. The van der Waals surface area contributed by atoms with Gasteiger partial charge in [0.05, 0.1) is 14.2 Å². The van der Waals surface area contributed by atoms with Gasteiger partial charge in [0.1, 0.15) is 17.1 Å². The van der Waals surface area contributed by atoms with Gasteiger partial charge in [0, 0.05) is 12.4 Å². The van der Waals surface area contributed by atoms with Gasteiger partial charge in [0.25, 0.3) is 5.91 Å². The van der Waals surface area contributed by atoms with Gasteiger partial charge in [-0.25, -0.2) is 0 Å². The number of hydrogen-bond acceptors (Lipinski definition) is 3. The summed E-state index contributed by atoms with van der Waals surface area (Å²) in [4.78, 5) is 12.1. The van der Waals surface area contributed by atoms with Crippen LogP contribution >= 0.6 is 11.6 Å². The quantitative estimate of drug-likeness (QED) is 0.612. The molecule has 0 radical (unpaired) electrons. The van der Waals surface area contributed by atoms with Crippen LogP contribution in [-0.2, 0) is 0 Å². The Morgan fingerprint density at radius 2 is 1.83 bits per heavy atom. The second kappa shape index (κ2) is 7.82. The Balaban J connectivity index is 2.76. The van der Waals surface area contributed by atoms with Crippen molar-refractivity contribution in [2.24, 2.45) is 0 Å². The molecule has 0 heterocycles. The van der Waals surface area contributed by atoms with E-state index in [-0.39, 0.29) is 5.91 Å². The number of hydrogen-bond donors (Lipinski definition) is 1. The molecule has 1 aromatic rings. The van der Waals surface area contributed by atoms with Crippen LogP contribution in [0.1, 0.15) is 23.2 Å². The monoisotopic (exact) mass is 271 g/mol. The van der Waals surface area contributed by atoms with Crippen LogP contribution in [0.15, 0.2) is 18.2 Å². The minimum atomic E-state index is -0.195. The third kappa shape index (κ3) is 3.81. The summed E-state index contributed by atoms with van der Waals surface area (Å²) in [5, 5.41) is 2.83. The number of carbonyl (C=O) groups is 1. The molecule has 0 aliphatic carbocycles. The summed E-state index contributed by atoms with van der Waals surface area (Å²) in [7, 11) is 3.05. The molecule has 1 aromatic carbocycles. The molecule has 18 heavy (non-hydrogen) atoms. The summed E-state index contributed by atoms with van der Waals surface area (Å²) < 4.78 is 10.3. The normalized spacial score (nSPS) is 9.94. The molecule has 0 bridgehead atoms. The molecule has 0 fully saturated rings. The number of alkyl halides is 1. The lowest BCUT2D eigenvalue weighted by Gasteiger charge is -2.12. The maximum absolute atomic E-state index is 12.1. The van der Waals surface area contributed by atoms with E-state index in [9.17, 15) is 4.79 Å². The van der Waals surface area contributed by atoms with Gasteiger partial charge < -0.3 is 14.8 Å². The van der Waals surface area contributed by atoms with E-state index in [1.165, 1.54) is 14.2 Å². The fourth-order valence-electron chi connectivity index (χ4n) is 1.58. The van der Waals surface area contributed by atoms with Crippen LogP contribution in [0.25, 0.3) is 0 Å². The van der Waals surface area contributed by atoms with E-state index in [1.807, 2.05) is 0 Å². The van der Waals surface area contributed by atoms with Gasteiger partial charge in [-0.2, -0.15) is 0 Å². The summed E-state index contributed by atoms with van der Waals surface area (Å²) in [6.07, 6.45) is 1.73. The van der Waals surface area contributed by atoms with E-state index in [0.717, 1.165) is 12.8 Å². The van der Waals surface area contributed by atoms with E-state index < -0.39 is 0 Å². The average Bonchev–Trinajstić information content (AvgIpc) is 2.42. The first-order valence-electron chi connectivity index (χ1n) is 5.79. The zero-order valence-electron chi connectivity index (χ0n) is 10.7. The number of methoxy groups -OCH3 is 2. The molecule has 1 amide bonds. The molecule has 100 valence electrons. The molecule has 0 saturated heterocycles. The number of rotatable bonds is 7. The third-order valence-electron chi connectivity index (χ3n) is 2.50. The Labute approximate surface area is 112 Å². The topological polar surface area (TPSA) is 47.6 Å². The highest BCUT2D eigenvalue weighted by atomic mass is 35.5. The maximum Gasteiger partial charge on any atom is 0.258 e. The summed E-state index contributed by atoms with van der Waals surface area (Å²) in [6, 6.07) is 5.24. The molecule has 0 saturated carbocycles. The van der Waals surface area contributed by atoms with Gasteiger partial charge in [-0.05, 0) is 25.0 Å². The SMILES string of the molecule is COc1cccc(OC)c1C(=O)NCCCCCl.